The van der Waals surface area contributed by atoms with Crippen LogP contribution in [-0.4, -0.2) is 15.4 Å². The fourth-order valence-corrected chi connectivity index (χ4v) is 2.93. The average Bonchev–Trinajstić information content (AvgIpc) is 2.96. The van der Waals surface area contributed by atoms with Crippen LogP contribution in [0, 0.1) is 0 Å². The highest BCUT2D eigenvalue weighted by atomic mass is 16.5. The Kier molecular flexibility index (Phi) is 6.51. The van der Waals surface area contributed by atoms with Gasteiger partial charge in [-0.25, -0.2) is 0 Å². The Morgan fingerprint density at radius 1 is 0.913 bits per heavy atom. The predicted octanol–water partition coefficient (Wildman–Crippen LogP) is 4.56. The highest BCUT2D eigenvalue weighted by Crippen LogP contribution is 2.25. The van der Waals surface area contributed by atoms with Crippen LogP contribution in [0.15, 0.2) is 22.7 Å². The number of nitrogens with zero attached hydrogens (tertiary/aromatic N) is 1. The van der Waals surface area contributed by atoms with Crippen LogP contribution in [0.2, 0.25) is 0 Å². The van der Waals surface area contributed by atoms with Gasteiger partial charge >= 0.3 is 0 Å². The lowest BCUT2D eigenvalue weighted by Gasteiger charge is -2.05. The molecule has 2 rings (SSSR count). The molecule has 126 valence electrons. The van der Waals surface area contributed by atoms with E-state index in [-0.39, 0.29) is 11.5 Å². The van der Waals surface area contributed by atoms with Gasteiger partial charge in [0.15, 0.2) is 11.5 Å². The number of aryl methyl sites for hydroxylation is 3. The van der Waals surface area contributed by atoms with Crippen LogP contribution in [0.1, 0.15) is 62.1 Å². The average molecular weight is 317 g/mol. The fourth-order valence-electron chi connectivity index (χ4n) is 2.93. The van der Waals surface area contributed by atoms with Crippen molar-refractivity contribution in [3.8, 4) is 11.5 Å². The summed E-state index contributed by atoms with van der Waals surface area (Å²) < 4.78 is 5.40. The minimum Gasteiger partial charge on any atom is -0.504 e. The van der Waals surface area contributed by atoms with Gasteiger partial charge in [-0.05, 0) is 49.8 Å². The van der Waals surface area contributed by atoms with E-state index in [1.807, 2.05) is 6.07 Å². The second kappa shape index (κ2) is 8.61. The summed E-state index contributed by atoms with van der Waals surface area (Å²) in [6, 6.07) is 5.07. The first kappa shape index (κ1) is 17.4. The molecule has 0 saturated carbocycles. The van der Waals surface area contributed by atoms with E-state index in [0.717, 1.165) is 62.0 Å². The van der Waals surface area contributed by atoms with Crippen molar-refractivity contribution < 1.29 is 14.7 Å². The van der Waals surface area contributed by atoms with Crippen molar-refractivity contribution in [2.75, 3.05) is 0 Å². The number of hydrogen-bond acceptors (Lipinski definition) is 4. The molecule has 0 spiro atoms. The summed E-state index contributed by atoms with van der Waals surface area (Å²) in [5.74, 6) is 0.955. The van der Waals surface area contributed by atoms with Crippen LogP contribution < -0.4 is 0 Å². The largest absolute Gasteiger partial charge is 0.504 e. The summed E-state index contributed by atoms with van der Waals surface area (Å²) in [6.07, 6.45) is 8.42. The van der Waals surface area contributed by atoms with E-state index in [9.17, 15) is 10.2 Å². The third-order valence-electron chi connectivity index (χ3n) is 4.29. The minimum absolute atomic E-state index is 0.0332. The molecule has 4 heteroatoms. The predicted molar refractivity (Wildman–Crippen MR) is 90.9 cm³/mol. The van der Waals surface area contributed by atoms with E-state index < -0.39 is 0 Å². The molecular formula is C19H27NO3. The molecule has 0 aliphatic heterocycles. The number of phenols is 2. The van der Waals surface area contributed by atoms with Gasteiger partial charge in [-0.15, -0.1) is 0 Å². The molecule has 1 heterocycles. The Bertz CT molecular complexity index is 598. The standard InChI is InChI=1S/C19H27NO3/c1-3-16-15(19(4-2)23-20-16)10-8-6-5-7-9-14-11-12-17(21)18(22)13-14/h11-13,21-22H,3-10H2,1-2H3. The molecule has 1 aromatic carbocycles. The molecule has 2 N–H and O–H groups in total. The van der Waals surface area contributed by atoms with Gasteiger partial charge in [0, 0.05) is 12.0 Å². The molecule has 4 nitrogen and oxygen atoms in total. The number of unbranched alkanes of at least 4 members (excludes halogenated alkanes) is 3. The first-order valence-corrected chi connectivity index (χ1v) is 8.62. The van der Waals surface area contributed by atoms with Crippen LogP contribution in [-0.2, 0) is 25.7 Å². The number of rotatable bonds is 9. The second-order valence-electron chi connectivity index (χ2n) is 5.98. The lowest BCUT2D eigenvalue weighted by Crippen LogP contribution is -1.94. The molecule has 0 amide bonds. The molecule has 1 aromatic heterocycles. The SMILES string of the molecule is CCc1noc(CC)c1CCCCCCc1ccc(O)c(O)c1. The van der Waals surface area contributed by atoms with Crippen molar-refractivity contribution in [1.82, 2.24) is 5.16 Å². The van der Waals surface area contributed by atoms with Crippen LogP contribution in [0.25, 0.3) is 0 Å². The Balaban J connectivity index is 1.70. The van der Waals surface area contributed by atoms with Gasteiger partial charge in [-0.1, -0.05) is 37.9 Å². The summed E-state index contributed by atoms with van der Waals surface area (Å²) in [5, 5.41) is 22.9. The number of aromatic hydroxyl groups is 2. The van der Waals surface area contributed by atoms with Gasteiger partial charge in [-0.3, -0.25) is 0 Å². The van der Waals surface area contributed by atoms with Crippen LogP contribution in [0.5, 0.6) is 11.5 Å². The molecule has 23 heavy (non-hydrogen) atoms. The van der Waals surface area contributed by atoms with Crippen molar-refractivity contribution in [1.29, 1.82) is 0 Å². The lowest BCUT2D eigenvalue weighted by atomic mass is 10.0. The van der Waals surface area contributed by atoms with E-state index in [1.54, 1.807) is 12.1 Å². The zero-order chi connectivity index (χ0) is 16.7. The molecule has 0 aliphatic rings. The van der Waals surface area contributed by atoms with Gasteiger partial charge in [0.1, 0.15) is 5.76 Å². The first-order valence-electron chi connectivity index (χ1n) is 8.62. The highest BCUT2D eigenvalue weighted by Gasteiger charge is 2.12. The fraction of sp³-hybridized carbons (Fsp3) is 0.526. The van der Waals surface area contributed by atoms with Gasteiger partial charge in [0.05, 0.1) is 5.69 Å². The quantitative estimate of drug-likeness (QED) is 0.526. The normalized spacial score (nSPS) is 11.0. The molecule has 0 radical (unpaired) electrons. The zero-order valence-corrected chi connectivity index (χ0v) is 14.1. The smallest absolute Gasteiger partial charge is 0.157 e. The number of aromatic nitrogens is 1. The third kappa shape index (κ3) is 4.75. The number of hydrogen-bond donors (Lipinski definition) is 2. The Labute approximate surface area is 138 Å². The molecule has 0 aliphatic carbocycles. The maximum atomic E-state index is 9.48. The van der Waals surface area contributed by atoms with Crippen LogP contribution >= 0.6 is 0 Å². The molecule has 0 saturated heterocycles. The van der Waals surface area contributed by atoms with Crippen molar-refractivity contribution in [2.45, 2.75) is 65.2 Å². The summed E-state index contributed by atoms with van der Waals surface area (Å²) >= 11 is 0. The minimum atomic E-state index is -0.0547. The topological polar surface area (TPSA) is 66.5 Å². The second-order valence-corrected chi connectivity index (χ2v) is 5.98. The van der Waals surface area contributed by atoms with Crippen LogP contribution in [0.3, 0.4) is 0 Å². The van der Waals surface area contributed by atoms with Gasteiger partial charge in [0.2, 0.25) is 0 Å². The van der Waals surface area contributed by atoms with Crippen LogP contribution in [0.4, 0.5) is 0 Å². The Morgan fingerprint density at radius 3 is 2.30 bits per heavy atom. The van der Waals surface area contributed by atoms with Crippen molar-refractivity contribution in [3.05, 3.63) is 40.8 Å². The van der Waals surface area contributed by atoms with Crippen molar-refractivity contribution >= 4 is 0 Å². The van der Waals surface area contributed by atoms with Crippen molar-refractivity contribution in [2.24, 2.45) is 0 Å². The monoisotopic (exact) mass is 317 g/mol. The van der Waals surface area contributed by atoms with E-state index in [1.165, 1.54) is 12.0 Å². The van der Waals surface area contributed by atoms with E-state index in [0.29, 0.717) is 0 Å². The lowest BCUT2D eigenvalue weighted by molar-refractivity contribution is 0.380. The van der Waals surface area contributed by atoms with Gasteiger partial charge < -0.3 is 14.7 Å². The van der Waals surface area contributed by atoms with E-state index >= 15 is 0 Å². The molecule has 0 bridgehead atoms. The maximum absolute atomic E-state index is 9.48. The Hall–Kier alpha value is -1.97. The molecule has 2 aromatic rings. The number of benzene rings is 1. The molecule has 0 atom stereocenters. The third-order valence-corrected chi connectivity index (χ3v) is 4.29. The van der Waals surface area contributed by atoms with Gasteiger partial charge in [0.25, 0.3) is 0 Å². The molecular weight excluding hydrogens is 290 g/mol. The summed E-state index contributed by atoms with van der Waals surface area (Å²) in [7, 11) is 0. The Morgan fingerprint density at radius 2 is 1.65 bits per heavy atom. The first-order chi connectivity index (χ1) is 11.2. The van der Waals surface area contributed by atoms with E-state index in [2.05, 4.69) is 19.0 Å². The summed E-state index contributed by atoms with van der Waals surface area (Å²) in [6.45, 7) is 4.23. The maximum Gasteiger partial charge on any atom is 0.157 e. The molecule has 0 unspecified atom stereocenters. The van der Waals surface area contributed by atoms with E-state index in [4.69, 9.17) is 4.52 Å². The van der Waals surface area contributed by atoms with Crippen molar-refractivity contribution in [3.63, 3.8) is 0 Å². The summed E-state index contributed by atoms with van der Waals surface area (Å²) in [5.41, 5.74) is 3.50. The highest BCUT2D eigenvalue weighted by molar-refractivity contribution is 5.40. The summed E-state index contributed by atoms with van der Waals surface area (Å²) in [4.78, 5) is 0. The molecule has 0 fully saturated rings. The zero-order valence-electron chi connectivity index (χ0n) is 14.1. The van der Waals surface area contributed by atoms with Gasteiger partial charge in [-0.2, -0.15) is 0 Å². The number of phenolic OH excluding ortho intramolecular Hbond substituents is 2.